The molecule has 0 amide bonds. The van der Waals surface area contributed by atoms with Crippen LogP contribution in [0.2, 0.25) is 0 Å². The van der Waals surface area contributed by atoms with E-state index in [-0.39, 0.29) is 17.6 Å². The summed E-state index contributed by atoms with van der Waals surface area (Å²) in [6.45, 7) is -1.81. The van der Waals surface area contributed by atoms with Gasteiger partial charge in [0.1, 0.15) is 22.0 Å². The highest BCUT2D eigenvalue weighted by Crippen LogP contribution is 2.43. The van der Waals surface area contributed by atoms with E-state index in [9.17, 15) is 13.6 Å². The number of carbonyl (C=O) groups is 1. The summed E-state index contributed by atoms with van der Waals surface area (Å²) in [4.78, 5) is 18.0. The van der Waals surface area contributed by atoms with Crippen molar-refractivity contribution in [2.75, 3.05) is 20.3 Å². The van der Waals surface area contributed by atoms with Crippen LogP contribution in [0.1, 0.15) is 15.4 Å². The summed E-state index contributed by atoms with van der Waals surface area (Å²) >= 11 is 2.98. The van der Waals surface area contributed by atoms with Crippen LogP contribution in [0.4, 0.5) is 8.78 Å². The van der Waals surface area contributed by atoms with Crippen LogP contribution in [0.25, 0.3) is 15.8 Å². The third kappa shape index (κ3) is 4.78. The van der Waals surface area contributed by atoms with Crippen molar-refractivity contribution in [2.24, 2.45) is 0 Å². The van der Waals surface area contributed by atoms with Gasteiger partial charge in [-0.1, -0.05) is 23.9 Å². The third-order valence-corrected chi connectivity index (χ3v) is 7.43. The average Bonchev–Trinajstić information content (AvgIpc) is 3.34. The molecule has 4 N–H and O–H groups in total. The monoisotopic (exact) mass is 478 g/mol. The number of nitrogens with one attached hydrogen (secondary N) is 1. The molecule has 1 aromatic heterocycles. The van der Waals surface area contributed by atoms with Crippen molar-refractivity contribution in [3.05, 3.63) is 64.1 Å². The fourth-order valence-electron chi connectivity index (χ4n) is 3.44. The van der Waals surface area contributed by atoms with Gasteiger partial charge in [-0.2, -0.15) is 8.78 Å². The SMILES string of the molecule is COCCNC1=C(c2nc3ccccc3s2)[C@H]([NH3+])[C@H](C(=O)c2ccc(OC(F)F)cc2)S1. The highest BCUT2D eigenvalue weighted by molar-refractivity contribution is 8.04. The van der Waals surface area contributed by atoms with Crippen LogP contribution < -0.4 is 15.8 Å². The van der Waals surface area contributed by atoms with E-state index in [2.05, 4.69) is 15.8 Å². The molecule has 3 aromatic rings. The predicted octanol–water partition coefficient (Wildman–Crippen LogP) is 3.41. The van der Waals surface area contributed by atoms with Gasteiger partial charge in [0.2, 0.25) is 0 Å². The van der Waals surface area contributed by atoms with Gasteiger partial charge in [0.15, 0.2) is 5.78 Å². The molecule has 1 aliphatic rings. The van der Waals surface area contributed by atoms with Gasteiger partial charge in [-0.15, -0.1) is 11.3 Å². The van der Waals surface area contributed by atoms with E-state index in [1.807, 2.05) is 24.3 Å². The maximum absolute atomic E-state index is 13.3. The number of quaternary nitrogens is 1. The number of nitrogens with zero attached hydrogens (tertiary/aromatic N) is 1. The standard InChI is InChI=1S/C22H21F2N3O3S2/c1-29-11-10-26-20-16(21-27-14-4-2-3-5-15(14)31-21)17(25)19(32-20)18(28)12-6-8-13(9-7-12)30-22(23)24/h2-9,17,19,22,26H,10-11,25H2,1H3/p+1/t17-,19+/m0/s1. The minimum atomic E-state index is -2.91. The first-order valence-electron chi connectivity index (χ1n) is 9.89. The second-order valence-corrected chi connectivity index (χ2v) is 9.24. The highest BCUT2D eigenvalue weighted by atomic mass is 32.2. The molecule has 4 rings (SSSR count). The van der Waals surface area contributed by atoms with Gasteiger partial charge in [-0.3, -0.25) is 4.79 Å². The molecule has 2 atom stereocenters. The molecule has 0 aliphatic carbocycles. The van der Waals surface area contributed by atoms with Gasteiger partial charge in [0.25, 0.3) is 0 Å². The Morgan fingerprint density at radius 2 is 1.97 bits per heavy atom. The van der Waals surface area contributed by atoms with Crippen LogP contribution in [0, 0.1) is 0 Å². The molecule has 6 nitrogen and oxygen atoms in total. The zero-order valence-corrected chi connectivity index (χ0v) is 18.8. The van der Waals surface area contributed by atoms with Crippen LogP contribution >= 0.6 is 23.1 Å². The Morgan fingerprint density at radius 3 is 2.66 bits per heavy atom. The molecular weight excluding hydrogens is 456 g/mol. The first-order chi connectivity index (χ1) is 15.5. The minimum absolute atomic E-state index is 0.0111. The van der Waals surface area contributed by atoms with Crippen LogP contribution in [0.5, 0.6) is 5.75 Å². The predicted molar refractivity (Wildman–Crippen MR) is 122 cm³/mol. The van der Waals surface area contributed by atoms with Crippen molar-refractivity contribution in [2.45, 2.75) is 17.9 Å². The number of hydrogen-bond donors (Lipinski definition) is 2. The topological polar surface area (TPSA) is 88.1 Å². The van der Waals surface area contributed by atoms with Crippen LogP contribution in [-0.2, 0) is 4.74 Å². The summed E-state index contributed by atoms with van der Waals surface area (Å²) in [5.41, 5.74) is 6.52. The molecule has 2 heterocycles. The van der Waals surface area contributed by atoms with Gasteiger partial charge < -0.3 is 20.5 Å². The average molecular weight is 479 g/mol. The quantitative estimate of drug-likeness (QED) is 0.362. The Labute approximate surface area is 191 Å². The molecule has 0 unspecified atom stereocenters. The number of halogens is 2. The maximum Gasteiger partial charge on any atom is 0.387 e. The van der Waals surface area contributed by atoms with Gasteiger partial charge in [0, 0.05) is 19.2 Å². The molecular formula is C22H22F2N3O3S2+. The van der Waals surface area contributed by atoms with E-state index in [0.717, 1.165) is 25.8 Å². The number of hydrogen-bond acceptors (Lipinski definition) is 7. The number of thiazole rings is 1. The molecule has 0 radical (unpaired) electrons. The fourth-order valence-corrected chi connectivity index (χ4v) is 5.94. The van der Waals surface area contributed by atoms with Gasteiger partial charge in [-0.05, 0) is 36.4 Å². The summed E-state index contributed by atoms with van der Waals surface area (Å²) in [5, 5.41) is 4.58. The summed E-state index contributed by atoms with van der Waals surface area (Å²) in [5.74, 6) is -0.113. The lowest BCUT2D eigenvalue weighted by molar-refractivity contribution is -0.394. The molecule has 0 fully saturated rings. The number of fused-ring (bicyclic) bond motifs is 1. The zero-order valence-electron chi connectivity index (χ0n) is 17.2. The van der Waals surface area contributed by atoms with Gasteiger partial charge >= 0.3 is 6.61 Å². The van der Waals surface area contributed by atoms with Crippen LogP contribution in [0.15, 0.2) is 53.6 Å². The lowest BCUT2D eigenvalue weighted by Gasteiger charge is -2.13. The number of rotatable bonds is 9. The van der Waals surface area contributed by atoms with E-state index in [0.29, 0.717) is 18.7 Å². The van der Waals surface area contributed by atoms with Crippen LogP contribution in [0.3, 0.4) is 0 Å². The highest BCUT2D eigenvalue weighted by Gasteiger charge is 2.43. The van der Waals surface area contributed by atoms with E-state index >= 15 is 0 Å². The second kappa shape index (κ2) is 9.95. The maximum atomic E-state index is 13.3. The van der Waals surface area contributed by atoms with Crippen molar-refractivity contribution in [3.63, 3.8) is 0 Å². The normalized spacial score (nSPS) is 18.5. The van der Waals surface area contributed by atoms with Crippen molar-refractivity contribution in [1.82, 2.24) is 10.3 Å². The Morgan fingerprint density at radius 1 is 1.22 bits per heavy atom. The summed E-state index contributed by atoms with van der Waals surface area (Å²) in [7, 11) is 1.63. The van der Waals surface area contributed by atoms with E-state index in [1.54, 1.807) is 18.4 Å². The first-order valence-corrected chi connectivity index (χ1v) is 11.6. The molecule has 0 saturated heterocycles. The third-order valence-electron chi connectivity index (χ3n) is 4.96. The summed E-state index contributed by atoms with van der Waals surface area (Å²) < 4.78 is 35.4. The van der Waals surface area contributed by atoms with E-state index < -0.39 is 11.9 Å². The molecule has 1 aliphatic heterocycles. The fraction of sp³-hybridized carbons (Fsp3) is 0.273. The number of carbonyl (C=O) groups excluding carboxylic acids is 1. The Hall–Kier alpha value is -2.53. The van der Waals surface area contributed by atoms with Crippen molar-refractivity contribution < 1.29 is 28.8 Å². The molecule has 10 heteroatoms. The number of benzene rings is 2. The molecule has 0 bridgehead atoms. The Kier molecular flexibility index (Phi) is 7.04. The van der Waals surface area contributed by atoms with Gasteiger partial charge in [0.05, 0.1) is 27.4 Å². The molecule has 168 valence electrons. The smallest absolute Gasteiger partial charge is 0.387 e. The summed E-state index contributed by atoms with van der Waals surface area (Å²) in [6.07, 6.45) is 0. The van der Waals surface area contributed by atoms with E-state index in [4.69, 9.17) is 9.72 Å². The number of para-hydroxylation sites is 1. The van der Waals surface area contributed by atoms with E-state index in [1.165, 1.54) is 36.0 Å². The lowest BCUT2D eigenvalue weighted by atomic mass is 9.99. The largest absolute Gasteiger partial charge is 0.435 e. The van der Waals surface area contributed by atoms with Crippen molar-refractivity contribution in [1.29, 1.82) is 0 Å². The molecule has 0 spiro atoms. The number of alkyl halides is 2. The number of methoxy groups -OCH3 is 1. The number of thioether (sulfide) groups is 1. The first kappa shape index (κ1) is 22.7. The van der Waals surface area contributed by atoms with Crippen LogP contribution in [-0.4, -0.2) is 48.9 Å². The number of ketones is 1. The Bertz CT molecular complexity index is 1100. The van der Waals surface area contributed by atoms with Gasteiger partial charge in [-0.25, -0.2) is 4.98 Å². The Balaban J connectivity index is 1.61. The number of aromatic nitrogens is 1. The van der Waals surface area contributed by atoms with Crippen molar-refractivity contribution in [3.8, 4) is 5.75 Å². The summed E-state index contributed by atoms with van der Waals surface area (Å²) in [6, 6.07) is 13.3. The molecule has 0 saturated carbocycles. The number of ether oxygens (including phenoxy) is 2. The minimum Gasteiger partial charge on any atom is -0.435 e. The molecule has 32 heavy (non-hydrogen) atoms. The van der Waals surface area contributed by atoms with Crippen molar-refractivity contribution >= 4 is 44.7 Å². The number of Topliss-reactive ketones (excluding diaryl/α,β-unsaturated/α-hetero) is 1. The molecule has 2 aromatic carbocycles. The zero-order chi connectivity index (χ0) is 22.7. The second-order valence-electron chi connectivity index (χ2n) is 7.06. The lowest BCUT2D eigenvalue weighted by Crippen LogP contribution is -2.66.